The number of hydrogen-bond donors (Lipinski definition) is 1. The van der Waals surface area contributed by atoms with Crippen molar-refractivity contribution in [2.45, 2.75) is 6.42 Å². The number of amides is 3. The summed E-state index contributed by atoms with van der Waals surface area (Å²) in [5.41, 5.74) is 1.67. The summed E-state index contributed by atoms with van der Waals surface area (Å²) in [5.74, 6) is -0.819. The number of fused-ring (bicyclic) bond motifs is 2. The lowest BCUT2D eigenvalue weighted by Gasteiger charge is -2.14. The first kappa shape index (κ1) is 18.2. The highest BCUT2D eigenvalue weighted by Gasteiger charge is 2.35. The van der Waals surface area contributed by atoms with Gasteiger partial charge < -0.3 is 5.32 Å². The van der Waals surface area contributed by atoms with Crippen molar-refractivity contribution in [2.75, 3.05) is 13.1 Å². The predicted molar refractivity (Wildman–Crippen MR) is 107 cm³/mol. The average molecular weight is 393 g/mol. The molecule has 1 heterocycles. The van der Waals surface area contributed by atoms with E-state index in [4.69, 9.17) is 11.6 Å². The van der Waals surface area contributed by atoms with Gasteiger partial charge in [0.1, 0.15) is 0 Å². The summed E-state index contributed by atoms with van der Waals surface area (Å²) in [7, 11) is 0. The minimum atomic E-state index is -0.322. The molecule has 0 bridgehead atoms. The molecule has 5 nitrogen and oxygen atoms in total. The smallest absolute Gasteiger partial charge is 0.261 e. The fourth-order valence-corrected chi connectivity index (χ4v) is 3.46. The molecule has 0 aliphatic carbocycles. The number of carbonyl (C=O) groups is 3. The van der Waals surface area contributed by atoms with Gasteiger partial charge >= 0.3 is 0 Å². The van der Waals surface area contributed by atoms with E-state index < -0.39 is 0 Å². The van der Waals surface area contributed by atoms with Crippen molar-refractivity contribution in [3.63, 3.8) is 0 Å². The highest BCUT2D eigenvalue weighted by atomic mass is 35.5. The van der Waals surface area contributed by atoms with Crippen molar-refractivity contribution < 1.29 is 14.4 Å². The third-order valence-corrected chi connectivity index (χ3v) is 5.02. The Morgan fingerprint density at radius 1 is 0.893 bits per heavy atom. The molecule has 0 saturated carbocycles. The molecular formula is C22H17ClN2O3. The number of halogens is 1. The summed E-state index contributed by atoms with van der Waals surface area (Å²) < 4.78 is 0. The second kappa shape index (κ2) is 7.44. The molecule has 28 heavy (non-hydrogen) atoms. The lowest BCUT2D eigenvalue weighted by molar-refractivity contribution is -0.120. The number of nitrogens with one attached hydrogen (secondary N) is 1. The summed E-state index contributed by atoms with van der Waals surface area (Å²) in [6.45, 7) is 0.340. The quantitative estimate of drug-likeness (QED) is 0.676. The van der Waals surface area contributed by atoms with Crippen LogP contribution in [0.1, 0.15) is 26.3 Å². The van der Waals surface area contributed by atoms with Crippen molar-refractivity contribution in [3.8, 4) is 0 Å². The average Bonchev–Trinajstić information content (AvgIpc) is 2.92. The number of rotatable bonds is 5. The normalized spacial score (nSPS) is 13.1. The number of hydrogen-bond acceptors (Lipinski definition) is 3. The monoisotopic (exact) mass is 392 g/mol. The predicted octanol–water partition coefficient (Wildman–Crippen LogP) is 3.45. The zero-order valence-corrected chi connectivity index (χ0v) is 15.7. The zero-order valence-electron chi connectivity index (χ0n) is 14.9. The van der Waals surface area contributed by atoms with Gasteiger partial charge in [-0.05, 0) is 40.6 Å². The van der Waals surface area contributed by atoms with E-state index >= 15 is 0 Å². The second-order valence-electron chi connectivity index (χ2n) is 6.66. The number of nitrogens with zero attached hydrogens (tertiary/aromatic N) is 1. The Balaban J connectivity index is 1.39. The van der Waals surface area contributed by atoms with Gasteiger partial charge in [0.05, 0.1) is 17.5 Å². The molecule has 6 heteroatoms. The zero-order chi connectivity index (χ0) is 19.7. The van der Waals surface area contributed by atoms with E-state index in [0.29, 0.717) is 16.1 Å². The molecule has 3 aromatic rings. The maximum absolute atomic E-state index is 12.6. The lowest BCUT2D eigenvalue weighted by atomic mass is 10.0. The molecule has 3 aromatic carbocycles. The Kier molecular flexibility index (Phi) is 4.84. The minimum Gasteiger partial charge on any atom is -0.354 e. The molecule has 1 aliphatic heterocycles. The Morgan fingerprint density at radius 2 is 1.46 bits per heavy atom. The molecule has 3 amide bonds. The van der Waals surface area contributed by atoms with Gasteiger partial charge in [-0.3, -0.25) is 19.3 Å². The molecule has 0 spiro atoms. The molecule has 0 fully saturated rings. The third-order valence-electron chi connectivity index (χ3n) is 4.77. The van der Waals surface area contributed by atoms with Gasteiger partial charge in [-0.1, -0.05) is 48.0 Å². The first-order valence-electron chi connectivity index (χ1n) is 8.93. The van der Waals surface area contributed by atoms with Crippen LogP contribution >= 0.6 is 11.6 Å². The molecule has 1 aliphatic rings. The van der Waals surface area contributed by atoms with E-state index in [-0.39, 0.29) is 37.2 Å². The van der Waals surface area contributed by atoms with E-state index in [0.717, 1.165) is 16.3 Å². The summed E-state index contributed by atoms with van der Waals surface area (Å²) in [6, 6.07) is 18.1. The van der Waals surface area contributed by atoms with Crippen LogP contribution in [0.15, 0.2) is 60.7 Å². The Labute approximate surface area is 166 Å². The van der Waals surface area contributed by atoms with E-state index in [9.17, 15) is 14.4 Å². The van der Waals surface area contributed by atoms with Crippen molar-refractivity contribution >= 4 is 40.1 Å². The minimum absolute atomic E-state index is 0.134. The van der Waals surface area contributed by atoms with Crippen molar-refractivity contribution in [1.82, 2.24) is 10.2 Å². The van der Waals surface area contributed by atoms with Crippen LogP contribution in [-0.4, -0.2) is 35.7 Å². The van der Waals surface area contributed by atoms with E-state index in [2.05, 4.69) is 5.32 Å². The standard InChI is InChI=1S/C22H17ClN2O3/c23-17-7-5-14(6-8-17)11-20(26)24-9-10-25-21(27)18-12-15-3-1-2-4-16(15)13-19(18)22(25)28/h1-8,12-13H,9-11H2,(H,24,26). The molecule has 4 rings (SSSR count). The van der Waals surface area contributed by atoms with Gasteiger partial charge in [-0.15, -0.1) is 0 Å². The van der Waals surface area contributed by atoms with Crippen LogP contribution in [0.25, 0.3) is 10.8 Å². The summed E-state index contributed by atoms with van der Waals surface area (Å²) in [5, 5.41) is 5.20. The lowest BCUT2D eigenvalue weighted by Crippen LogP contribution is -2.38. The van der Waals surface area contributed by atoms with Crippen molar-refractivity contribution in [3.05, 3.63) is 82.4 Å². The third kappa shape index (κ3) is 3.49. The summed E-state index contributed by atoms with van der Waals surface area (Å²) in [6.07, 6.45) is 0.213. The second-order valence-corrected chi connectivity index (χ2v) is 7.10. The fourth-order valence-electron chi connectivity index (χ4n) is 3.34. The SMILES string of the molecule is O=C(Cc1ccc(Cl)cc1)NCCN1C(=O)c2cc3ccccc3cc2C1=O. The molecule has 140 valence electrons. The van der Waals surface area contributed by atoms with Crippen LogP contribution in [0.2, 0.25) is 5.02 Å². The van der Waals surface area contributed by atoms with Gasteiger partial charge in [-0.2, -0.15) is 0 Å². The largest absolute Gasteiger partial charge is 0.354 e. The van der Waals surface area contributed by atoms with Gasteiger partial charge in [0.15, 0.2) is 0 Å². The molecule has 1 N–H and O–H groups in total. The highest BCUT2D eigenvalue weighted by Crippen LogP contribution is 2.27. The van der Waals surface area contributed by atoms with Crippen molar-refractivity contribution in [2.24, 2.45) is 0 Å². The van der Waals surface area contributed by atoms with Crippen LogP contribution in [0.5, 0.6) is 0 Å². The topological polar surface area (TPSA) is 66.5 Å². The Morgan fingerprint density at radius 3 is 2.04 bits per heavy atom. The van der Waals surface area contributed by atoms with Gasteiger partial charge in [-0.25, -0.2) is 0 Å². The molecule has 0 aromatic heterocycles. The summed E-state index contributed by atoms with van der Waals surface area (Å²) in [4.78, 5) is 38.5. The molecule has 0 unspecified atom stereocenters. The number of imide groups is 1. The first-order valence-corrected chi connectivity index (χ1v) is 9.31. The Bertz CT molecular complexity index is 1040. The number of carbonyl (C=O) groups excluding carboxylic acids is 3. The van der Waals surface area contributed by atoms with Gasteiger partial charge in [0.25, 0.3) is 11.8 Å². The number of benzene rings is 3. The van der Waals surface area contributed by atoms with Crippen LogP contribution < -0.4 is 5.32 Å². The van der Waals surface area contributed by atoms with Gasteiger partial charge in [0.2, 0.25) is 5.91 Å². The highest BCUT2D eigenvalue weighted by molar-refractivity contribution is 6.30. The first-order chi connectivity index (χ1) is 13.5. The Hall–Kier alpha value is -3.18. The maximum Gasteiger partial charge on any atom is 0.261 e. The van der Waals surface area contributed by atoms with Crippen LogP contribution in [0, 0.1) is 0 Å². The maximum atomic E-state index is 12.6. The molecule has 0 radical (unpaired) electrons. The molecule has 0 atom stereocenters. The molecule has 0 saturated heterocycles. The van der Waals surface area contributed by atoms with Gasteiger partial charge in [0, 0.05) is 18.1 Å². The van der Waals surface area contributed by atoms with E-state index in [1.807, 2.05) is 24.3 Å². The van der Waals surface area contributed by atoms with Crippen LogP contribution in [0.4, 0.5) is 0 Å². The van der Waals surface area contributed by atoms with Crippen LogP contribution in [0.3, 0.4) is 0 Å². The molecular weight excluding hydrogens is 376 g/mol. The summed E-state index contributed by atoms with van der Waals surface area (Å²) >= 11 is 5.83. The van der Waals surface area contributed by atoms with E-state index in [1.54, 1.807) is 36.4 Å². The van der Waals surface area contributed by atoms with Crippen molar-refractivity contribution in [1.29, 1.82) is 0 Å². The van der Waals surface area contributed by atoms with Crippen LogP contribution in [-0.2, 0) is 11.2 Å². The van der Waals surface area contributed by atoms with E-state index in [1.165, 1.54) is 4.90 Å². The fraction of sp³-hybridized carbons (Fsp3) is 0.136.